The Balaban J connectivity index is 1.33. The standard InChI is InChI=1S/C26H31NO/c1-26-12-11-21-20-10-8-19(28-2)14-16(20)7-9-22(21)23(26)15-18-13-17-5-3-4-6-24(17)27-25(18)26/h3-6,8,10,14,18,21-23,25,27H,7,9,11-13,15H2,1-2H3/t18-,21-,22-,23+,25+,26+/m1/s1. The minimum absolute atomic E-state index is 0.448. The van der Waals surface area contributed by atoms with Crippen molar-refractivity contribution in [2.75, 3.05) is 12.4 Å². The highest BCUT2D eigenvalue weighted by molar-refractivity contribution is 5.55. The number of ether oxygens (including phenoxy) is 1. The molecule has 6 rings (SSSR count). The summed E-state index contributed by atoms with van der Waals surface area (Å²) in [5.74, 6) is 4.30. The van der Waals surface area contributed by atoms with Crippen LogP contribution in [0.25, 0.3) is 0 Å². The molecule has 0 aromatic heterocycles. The SMILES string of the molecule is COc1ccc2c(c1)CC[C@@H]1[C@@H]2CC[C@@]2(C)[C@H]1C[C@H]1Cc3ccccc3N[C@@H]12. The Labute approximate surface area is 168 Å². The van der Waals surface area contributed by atoms with Crippen molar-refractivity contribution < 1.29 is 4.74 Å². The van der Waals surface area contributed by atoms with E-state index in [1.165, 1.54) is 49.8 Å². The van der Waals surface area contributed by atoms with E-state index in [2.05, 4.69) is 54.7 Å². The van der Waals surface area contributed by atoms with E-state index in [1.54, 1.807) is 18.2 Å². The molecule has 3 aliphatic carbocycles. The average Bonchev–Trinajstić information content (AvgIpc) is 3.03. The highest BCUT2D eigenvalue weighted by Crippen LogP contribution is 2.64. The summed E-state index contributed by atoms with van der Waals surface area (Å²) in [6.07, 6.45) is 7.98. The van der Waals surface area contributed by atoms with Gasteiger partial charge < -0.3 is 10.1 Å². The molecule has 2 nitrogen and oxygen atoms in total. The van der Waals surface area contributed by atoms with Crippen LogP contribution in [0.1, 0.15) is 55.2 Å². The van der Waals surface area contributed by atoms with E-state index in [0.717, 1.165) is 29.4 Å². The van der Waals surface area contributed by atoms with Gasteiger partial charge in [0.2, 0.25) is 0 Å². The fourth-order valence-corrected chi connectivity index (χ4v) is 7.64. The second kappa shape index (κ2) is 6.02. The van der Waals surface area contributed by atoms with Crippen LogP contribution in [0.4, 0.5) is 5.69 Å². The van der Waals surface area contributed by atoms with Crippen LogP contribution < -0.4 is 10.1 Å². The van der Waals surface area contributed by atoms with Gasteiger partial charge in [-0.25, -0.2) is 0 Å². The van der Waals surface area contributed by atoms with Crippen LogP contribution >= 0.6 is 0 Å². The predicted octanol–water partition coefficient (Wildman–Crippen LogP) is 5.81. The molecule has 0 radical (unpaired) electrons. The van der Waals surface area contributed by atoms with E-state index >= 15 is 0 Å². The van der Waals surface area contributed by atoms with Gasteiger partial charge in [-0.2, -0.15) is 0 Å². The zero-order valence-electron chi connectivity index (χ0n) is 17.1. The number of hydrogen-bond acceptors (Lipinski definition) is 2. The molecule has 0 bridgehead atoms. The molecule has 2 heteroatoms. The summed E-state index contributed by atoms with van der Waals surface area (Å²) in [7, 11) is 1.78. The first-order valence-corrected chi connectivity index (χ1v) is 11.2. The number of para-hydroxylation sites is 1. The summed E-state index contributed by atoms with van der Waals surface area (Å²) < 4.78 is 5.49. The lowest BCUT2D eigenvalue weighted by Crippen LogP contribution is -2.48. The molecule has 0 unspecified atom stereocenters. The largest absolute Gasteiger partial charge is 0.497 e. The molecule has 2 aromatic rings. The molecular formula is C26H31NO. The minimum Gasteiger partial charge on any atom is -0.497 e. The highest BCUT2D eigenvalue weighted by Gasteiger charge is 2.58. The first kappa shape index (κ1) is 16.9. The molecule has 1 aliphatic heterocycles. The molecule has 1 N–H and O–H groups in total. The second-order valence-corrected chi connectivity index (χ2v) is 10.0. The van der Waals surface area contributed by atoms with Crippen molar-refractivity contribution in [1.82, 2.24) is 0 Å². The van der Waals surface area contributed by atoms with Crippen LogP contribution in [0.3, 0.4) is 0 Å². The van der Waals surface area contributed by atoms with Crippen molar-refractivity contribution in [1.29, 1.82) is 0 Å². The van der Waals surface area contributed by atoms with Crippen LogP contribution in [0.5, 0.6) is 5.75 Å². The quantitative estimate of drug-likeness (QED) is 0.680. The minimum atomic E-state index is 0.448. The Morgan fingerprint density at radius 2 is 1.96 bits per heavy atom. The lowest BCUT2D eigenvalue weighted by atomic mass is 9.55. The van der Waals surface area contributed by atoms with Crippen molar-refractivity contribution in [3.05, 3.63) is 59.2 Å². The van der Waals surface area contributed by atoms with Gasteiger partial charge in [-0.15, -0.1) is 0 Å². The van der Waals surface area contributed by atoms with Gasteiger partial charge in [0.1, 0.15) is 5.75 Å². The molecule has 2 aromatic carbocycles. The average molecular weight is 374 g/mol. The molecule has 4 aliphatic rings. The third kappa shape index (κ3) is 2.27. The van der Waals surface area contributed by atoms with Gasteiger partial charge in [-0.1, -0.05) is 31.2 Å². The van der Waals surface area contributed by atoms with Crippen LogP contribution in [0.2, 0.25) is 0 Å². The van der Waals surface area contributed by atoms with Gasteiger partial charge in [0.15, 0.2) is 0 Å². The highest BCUT2D eigenvalue weighted by atomic mass is 16.5. The van der Waals surface area contributed by atoms with E-state index in [9.17, 15) is 0 Å². The lowest BCUT2D eigenvalue weighted by molar-refractivity contribution is 0.0530. The van der Waals surface area contributed by atoms with Crippen LogP contribution in [-0.2, 0) is 12.8 Å². The number of nitrogens with one attached hydrogen (secondary N) is 1. The second-order valence-electron chi connectivity index (χ2n) is 10.0. The van der Waals surface area contributed by atoms with Crippen molar-refractivity contribution in [3.63, 3.8) is 0 Å². The Morgan fingerprint density at radius 1 is 1.07 bits per heavy atom. The third-order valence-electron chi connectivity index (χ3n) is 8.92. The molecule has 146 valence electrons. The van der Waals surface area contributed by atoms with E-state index < -0.39 is 0 Å². The maximum Gasteiger partial charge on any atom is 0.119 e. The smallest absolute Gasteiger partial charge is 0.119 e. The molecule has 28 heavy (non-hydrogen) atoms. The monoisotopic (exact) mass is 373 g/mol. The molecule has 6 atom stereocenters. The maximum atomic E-state index is 5.49. The molecule has 0 amide bonds. The summed E-state index contributed by atoms with van der Waals surface area (Å²) in [5, 5.41) is 4.01. The summed E-state index contributed by atoms with van der Waals surface area (Å²) in [6.45, 7) is 2.61. The molecule has 2 fully saturated rings. The van der Waals surface area contributed by atoms with Gasteiger partial charge in [0, 0.05) is 11.7 Å². The zero-order chi connectivity index (χ0) is 18.9. The number of aryl methyl sites for hydroxylation is 1. The van der Waals surface area contributed by atoms with Crippen molar-refractivity contribution in [2.45, 2.75) is 57.4 Å². The molecule has 0 saturated heterocycles. The van der Waals surface area contributed by atoms with Gasteiger partial charge in [-0.05, 0) is 103 Å². The van der Waals surface area contributed by atoms with E-state index in [-0.39, 0.29) is 0 Å². The Kier molecular flexibility index (Phi) is 3.64. The van der Waals surface area contributed by atoms with E-state index in [1.807, 2.05) is 0 Å². The zero-order valence-corrected chi connectivity index (χ0v) is 17.1. The van der Waals surface area contributed by atoms with Crippen molar-refractivity contribution in [3.8, 4) is 5.75 Å². The summed E-state index contributed by atoms with van der Waals surface area (Å²) in [5.41, 5.74) is 6.55. The normalized spacial score (nSPS) is 37.6. The molecule has 2 saturated carbocycles. The van der Waals surface area contributed by atoms with Gasteiger partial charge in [0.05, 0.1) is 7.11 Å². The Bertz CT molecular complexity index is 920. The Hall–Kier alpha value is -1.96. The number of rotatable bonds is 1. The molecule has 1 heterocycles. The molecule has 0 spiro atoms. The van der Waals surface area contributed by atoms with Crippen LogP contribution in [0, 0.1) is 23.2 Å². The summed E-state index contributed by atoms with van der Waals surface area (Å²) >= 11 is 0. The van der Waals surface area contributed by atoms with Crippen LogP contribution in [0.15, 0.2) is 42.5 Å². The van der Waals surface area contributed by atoms with E-state index in [0.29, 0.717) is 11.5 Å². The topological polar surface area (TPSA) is 21.3 Å². The van der Waals surface area contributed by atoms with Gasteiger partial charge >= 0.3 is 0 Å². The lowest BCUT2D eigenvalue weighted by Gasteiger charge is -2.51. The van der Waals surface area contributed by atoms with Gasteiger partial charge in [-0.3, -0.25) is 0 Å². The predicted molar refractivity (Wildman–Crippen MR) is 114 cm³/mol. The third-order valence-corrected chi connectivity index (χ3v) is 8.92. The number of anilines is 1. The van der Waals surface area contributed by atoms with E-state index in [4.69, 9.17) is 4.74 Å². The number of benzene rings is 2. The van der Waals surface area contributed by atoms with Crippen molar-refractivity contribution in [2.24, 2.45) is 23.2 Å². The summed E-state index contributed by atoms with van der Waals surface area (Å²) in [4.78, 5) is 0. The molecular weight excluding hydrogens is 342 g/mol. The van der Waals surface area contributed by atoms with Crippen molar-refractivity contribution >= 4 is 5.69 Å². The number of hydrogen-bond donors (Lipinski definition) is 1. The maximum absolute atomic E-state index is 5.49. The number of methoxy groups -OCH3 is 1. The number of fused-ring (bicyclic) bond motifs is 8. The first-order chi connectivity index (χ1) is 13.7. The van der Waals surface area contributed by atoms with Gasteiger partial charge in [0.25, 0.3) is 0 Å². The fourth-order valence-electron chi connectivity index (χ4n) is 7.64. The Morgan fingerprint density at radius 3 is 2.86 bits per heavy atom. The fraction of sp³-hybridized carbons (Fsp3) is 0.538. The summed E-state index contributed by atoms with van der Waals surface area (Å²) in [6, 6.07) is 16.5. The first-order valence-electron chi connectivity index (χ1n) is 11.2. The van der Waals surface area contributed by atoms with Crippen LogP contribution in [-0.4, -0.2) is 13.2 Å².